The average Bonchev–Trinajstić information content (AvgIpc) is 2.72. The lowest BCUT2D eigenvalue weighted by Crippen LogP contribution is -1.97. The first kappa shape index (κ1) is 19.3. The van der Waals surface area contributed by atoms with Crippen molar-refractivity contribution in [3.8, 4) is 5.75 Å². The summed E-state index contributed by atoms with van der Waals surface area (Å²) in [6, 6.07) is 21.6. The first-order chi connectivity index (χ1) is 13.4. The van der Waals surface area contributed by atoms with Crippen molar-refractivity contribution in [2.75, 3.05) is 0 Å². The summed E-state index contributed by atoms with van der Waals surface area (Å²) in [4.78, 5) is 10.1. The number of sulfone groups is 1. The first-order valence-corrected chi connectivity index (χ1v) is 9.93. The Morgan fingerprint density at radius 2 is 1.54 bits per heavy atom. The van der Waals surface area contributed by atoms with Gasteiger partial charge in [-0.2, -0.15) is 0 Å². The second kappa shape index (κ2) is 8.49. The average molecular weight is 395 g/mol. The maximum atomic E-state index is 12.3. The van der Waals surface area contributed by atoms with Gasteiger partial charge in [-0.3, -0.25) is 10.1 Å². The van der Waals surface area contributed by atoms with Crippen molar-refractivity contribution in [1.29, 1.82) is 0 Å². The van der Waals surface area contributed by atoms with E-state index in [1.54, 1.807) is 24.3 Å². The van der Waals surface area contributed by atoms with Crippen molar-refractivity contribution in [2.45, 2.75) is 11.5 Å². The van der Waals surface area contributed by atoms with Crippen molar-refractivity contribution >= 4 is 21.6 Å². The molecule has 0 aliphatic heterocycles. The van der Waals surface area contributed by atoms with Crippen LogP contribution in [0.2, 0.25) is 0 Å². The molecule has 28 heavy (non-hydrogen) atoms. The molecule has 142 valence electrons. The van der Waals surface area contributed by atoms with Crippen molar-refractivity contribution in [1.82, 2.24) is 0 Å². The molecule has 0 aromatic heterocycles. The molecule has 0 N–H and O–H groups in total. The lowest BCUT2D eigenvalue weighted by atomic mass is 10.2. The summed E-state index contributed by atoms with van der Waals surface area (Å²) in [6.45, 7) is 0.449. The van der Waals surface area contributed by atoms with Gasteiger partial charge in [0.2, 0.25) is 0 Å². The Balaban J connectivity index is 1.65. The van der Waals surface area contributed by atoms with Crippen molar-refractivity contribution in [3.05, 3.63) is 106 Å². The van der Waals surface area contributed by atoms with Crippen molar-refractivity contribution < 1.29 is 18.1 Å². The van der Waals surface area contributed by atoms with E-state index in [1.807, 2.05) is 30.3 Å². The molecule has 7 heteroatoms. The molecule has 0 unspecified atom stereocenters. The second-order valence-corrected chi connectivity index (χ2v) is 7.78. The van der Waals surface area contributed by atoms with Gasteiger partial charge in [0.1, 0.15) is 12.4 Å². The van der Waals surface area contributed by atoms with Gasteiger partial charge in [-0.25, -0.2) is 8.42 Å². The highest BCUT2D eigenvalue weighted by atomic mass is 32.2. The molecule has 0 fully saturated rings. The predicted octanol–water partition coefficient (Wildman–Crippen LogP) is 4.62. The molecule has 3 aromatic carbocycles. The standard InChI is InChI=1S/C21H17NO5S/c23-22(24)19-8-12-21(13-9-19)28(25,26)15-14-17-6-10-20(11-7-17)27-16-18-4-2-1-3-5-18/h1-15H,16H2/b15-14+. The second-order valence-electron chi connectivity index (χ2n) is 5.94. The zero-order chi connectivity index (χ0) is 20.0. The van der Waals surface area contributed by atoms with E-state index in [-0.39, 0.29) is 10.6 Å². The topological polar surface area (TPSA) is 86.5 Å². The Kier molecular flexibility index (Phi) is 5.86. The Hall–Kier alpha value is -3.45. The monoisotopic (exact) mass is 395 g/mol. The smallest absolute Gasteiger partial charge is 0.269 e. The molecule has 0 aliphatic rings. The molecule has 6 nitrogen and oxygen atoms in total. The van der Waals surface area contributed by atoms with Crippen molar-refractivity contribution in [2.24, 2.45) is 0 Å². The van der Waals surface area contributed by atoms with E-state index in [1.165, 1.54) is 30.3 Å². The quantitative estimate of drug-likeness (QED) is 0.430. The number of nitrogens with zero attached hydrogens (tertiary/aromatic N) is 1. The molecule has 0 aliphatic carbocycles. The fourth-order valence-corrected chi connectivity index (χ4v) is 3.43. The van der Waals surface area contributed by atoms with Crippen LogP contribution in [0.25, 0.3) is 6.08 Å². The number of nitro benzene ring substituents is 1. The van der Waals surface area contributed by atoms with Gasteiger partial charge in [-0.05, 0) is 41.5 Å². The van der Waals surface area contributed by atoms with Crippen LogP contribution >= 0.6 is 0 Å². The summed E-state index contributed by atoms with van der Waals surface area (Å²) in [6.07, 6.45) is 1.47. The summed E-state index contributed by atoms with van der Waals surface area (Å²) in [5.74, 6) is 0.680. The zero-order valence-electron chi connectivity index (χ0n) is 14.8. The molecular formula is C21H17NO5S. The SMILES string of the molecule is O=[N+]([O-])c1ccc(S(=O)(=O)/C=C/c2ccc(OCc3ccccc3)cc2)cc1. The third-order valence-electron chi connectivity index (χ3n) is 3.94. The lowest BCUT2D eigenvalue weighted by Gasteiger charge is -2.06. The highest BCUT2D eigenvalue weighted by Gasteiger charge is 2.12. The molecule has 0 bridgehead atoms. The van der Waals surface area contributed by atoms with E-state index in [2.05, 4.69) is 0 Å². The maximum Gasteiger partial charge on any atom is 0.269 e. The number of rotatable bonds is 7. The fourth-order valence-electron chi connectivity index (χ4n) is 2.42. The van der Waals surface area contributed by atoms with Crippen LogP contribution in [0, 0.1) is 10.1 Å². The van der Waals surface area contributed by atoms with Gasteiger partial charge in [-0.1, -0.05) is 42.5 Å². The molecule has 0 saturated heterocycles. The van der Waals surface area contributed by atoms with E-state index in [9.17, 15) is 18.5 Å². The Morgan fingerprint density at radius 1 is 0.893 bits per heavy atom. The van der Waals surface area contributed by atoms with Gasteiger partial charge in [0.15, 0.2) is 9.84 Å². The Labute approximate surface area is 162 Å². The first-order valence-electron chi connectivity index (χ1n) is 8.38. The molecular weight excluding hydrogens is 378 g/mol. The molecule has 0 heterocycles. The normalized spacial score (nSPS) is 11.4. The van der Waals surface area contributed by atoms with Crippen LogP contribution in [0.5, 0.6) is 5.75 Å². The van der Waals surface area contributed by atoms with Crippen LogP contribution in [0.3, 0.4) is 0 Å². The van der Waals surface area contributed by atoms with Crippen LogP contribution in [0.1, 0.15) is 11.1 Å². The predicted molar refractivity (Wildman–Crippen MR) is 107 cm³/mol. The summed E-state index contributed by atoms with van der Waals surface area (Å²) in [5, 5.41) is 11.7. The molecule has 0 saturated carbocycles. The van der Waals surface area contributed by atoms with Gasteiger partial charge >= 0.3 is 0 Å². The third-order valence-corrected chi connectivity index (χ3v) is 5.37. The van der Waals surface area contributed by atoms with Gasteiger partial charge in [-0.15, -0.1) is 0 Å². The van der Waals surface area contributed by atoms with E-state index in [0.717, 1.165) is 11.0 Å². The van der Waals surface area contributed by atoms with E-state index in [0.29, 0.717) is 17.9 Å². The number of hydrogen-bond acceptors (Lipinski definition) is 5. The van der Waals surface area contributed by atoms with Crippen LogP contribution < -0.4 is 4.74 Å². The number of ether oxygens (including phenoxy) is 1. The molecule has 0 atom stereocenters. The van der Waals surface area contributed by atoms with Crippen LogP contribution in [0.15, 0.2) is 89.2 Å². The molecule has 0 amide bonds. The summed E-state index contributed by atoms with van der Waals surface area (Å²) >= 11 is 0. The van der Waals surface area contributed by atoms with Crippen LogP contribution in [-0.4, -0.2) is 13.3 Å². The Morgan fingerprint density at radius 3 is 2.14 bits per heavy atom. The number of non-ortho nitro benzene ring substituents is 1. The van der Waals surface area contributed by atoms with E-state index in [4.69, 9.17) is 4.74 Å². The summed E-state index contributed by atoms with van der Waals surface area (Å²) in [5.41, 5.74) is 1.59. The van der Waals surface area contributed by atoms with Gasteiger partial charge in [0, 0.05) is 17.5 Å². The summed E-state index contributed by atoms with van der Waals surface area (Å²) in [7, 11) is -3.69. The number of hydrogen-bond donors (Lipinski definition) is 0. The number of nitro groups is 1. The number of benzene rings is 3. The summed E-state index contributed by atoms with van der Waals surface area (Å²) < 4.78 is 30.4. The fraction of sp³-hybridized carbons (Fsp3) is 0.0476. The molecule has 0 radical (unpaired) electrons. The zero-order valence-corrected chi connectivity index (χ0v) is 15.6. The highest BCUT2D eigenvalue weighted by Crippen LogP contribution is 2.20. The minimum absolute atomic E-state index is 0.00263. The molecule has 3 rings (SSSR count). The van der Waals surface area contributed by atoms with Crippen LogP contribution in [-0.2, 0) is 16.4 Å². The van der Waals surface area contributed by atoms with Gasteiger partial charge in [0.25, 0.3) is 5.69 Å². The van der Waals surface area contributed by atoms with Crippen molar-refractivity contribution in [3.63, 3.8) is 0 Å². The van der Waals surface area contributed by atoms with E-state index < -0.39 is 14.8 Å². The minimum Gasteiger partial charge on any atom is -0.489 e. The van der Waals surface area contributed by atoms with Gasteiger partial charge < -0.3 is 4.74 Å². The van der Waals surface area contributed by atoms with Gasteiger partial charge in [0.05, 0.1) is 9.82 Å². The van der Waals surface area contributed by atoms with E-state index >= 15 is 0 Å². The minimum atomic E-state index is -3.69. The largest absolute Gasteiger partial charge is 0.489 e. The molecule has 0 spiro atoms. The Bertz CT molecular complexity index is 1070. The third kappa shape index (κ3) is 5.05. The molecule has 3 aromatic rings. The van der Waals surface area contributed by atoms with Crippen LogP contribution in [0.4, 0.5) is 5.69 Å². The maximum absolute atomic E-state index is 12.3. The highest BCUT2D eigenvalue weighted by molar-refractivity contribution is 7.94. The lowest BCUT2D eigenvalue weighted by molar-refractivity contribution is -0.384.